The van der Waals surface area contributed by atoms with Crippen molar-refractivity contribution in [1.29, 1.82) is 0 Å². The molecule has 0 saturated heterocycles. The van der Waals surface area contributed by atoms with Gasteiger partial charge >= 0.3 is 0 Å². The summed E-state index contributed by atoms with van der Waals surface area (Å²) in [5, 5.41) is 3.33. The van der Waals surface area contributed by atoms with Gasteiger partial charge in [0.2, 0.25) is 5.88 Å². The minimum Gasteiger partial charge on any atom is -0.474 e. The number of halogens is 1. The van der Waals surface area contributed by atoms with E-state index < -0.39 is 0 Å². The molecule has 1 aliphatic carbocycles. The molecule has 0 aliphatic heterocycles. The Morgan fingerprint density at radius 2 is 2.16 bits per heavy atom. The number of nitrogens with zero attached hydrogens (tertiary/aromatic N) is 1. The predicted molar refractivity (Wildman–Crippen MR) is 74.7 cm³/mol. The van der Waals surface area contributed by atoms with Crippen molar-refractivity contribution < 1.29 is 9.53 Å². The number of rotatable bonds is 5. The molecule has 1 fully saturated rings. The molecule has 1 saturated carbocycles. The normalized spacial score (nSPS) is 16.3. The van der Waals surface area contributed by atoms with Gasteiger partial charge in [-0.1, -0.05) is 11.6 Å². The minimum absolute atomic E-state index is 0.000402. The maximum absolute atomic E-state index is 12.0. The van der Waals surface area contributed by atoms with E-state index in [1.807, 2.05) is 20.8 Å². The number of hydrogen-bond donors (Lipinski definition) is 1. The summed E-state index contributed by atoms with van der Waals surface area (Å²) in [6, 6.07) is 1.80. The number of ether oxygens (including phenoxy) is 1. The molecule has 1 aromatic heterocycles. The quantitative estimate of drug-likeness (QED) is 0.903. The summed E-state index contributed by atoms with van der Waals surface area (Å²) < 4.78 is 5.43. The van der Waals surface area contributed by atoms with Crippen LogP contribution in [0.2, 0.25) is 5.02 Å². The van der Waals surface area contributed by atoms with E-state index in [1.165, 1.54) is 19.0 Å². The fourth-order valence-corrected chi connectivity index (χ4v) is 2.07. The molecule has 0 bridgehead atoms. The van der Waals surface area contributed by atoms with E-state index in [9.17, 15) is 4.79 Å². The molecule has 0 aromatic carbocycles. The molecule has 2 rings (SSSR count). The fourth-order valence-electron chi connectivity index (χ4n) is 1.86. The molecule has 1 heterocycles. The van der Waals surface area contributed by atoms with Crippen LogP contribution in [0.4, 0.5) is 0 Å². The lowest BCUT2D eigenvalue weighted by Gasteiger charge is -2.14. The third-order valence-electron chi connectivity index (χ3n) is 3.10. The molecule has 5 heteroatoms. The molecule has 1 amide bonds. The van der Waals surface area contributed by atoms with Gasteiger partial charge < -0.3 is 10.1 Å². The van der Waals surface area contributed by atoms with Crippen LogP contribution in [0.15, 0.2) is 12.3 Å². The number of amides is 1. The third-order valence-corrected chi connectivity index (χ3v) is 3.38. The van der Waals surface area contributed by atoms with Gasteiger partial charge in [-0.25, -0.2) is 4.98 Å². The molecule has 1 atom stereocenters. The van der Waals surface area contributed by atoms with Crippen LogP contribution in [0.1, 0.15) is 44.0 Å². The van der Waals surface area contributed by atoms with Gasteiger partial charge in [0.1, 0.15) is 5.02 Å². The van der Waals surface area contributed by atoms with E-state index in [1.54, 1.807) is 6.07 Å². The van der Waals surface area contributed by atoms with Crippen molar-refractivity contribution in [2.24, 2.45) is 5.92 Å². The first-order valence-electron chi connectivity index (χ1n) is 6.60. The molecular formula is C14H19ClN2O2. The summed E-state index contributed by atoms with van der Waals surface area (Å²) in [7, 11) is 0. The second kappa shape index (κ2) is 5.78. The molecule has 4 nitrogen and oxygen atoms in total. The van der Waals surface area contributed by atoms with Crippen LogP contribution in [-0.2, 0) is 0 Å². The monoisotopic (exact) mass is 282 g/mol. The second-order valence-corrected chi connectivity index (χ2v) is 5.68. The van der Waals surface area contributed by atoms with Crippen molar-refractivity contribution in [1.82, 2.24) is 10.3 Å². The SMILES string of the molecule is CC(C)Oc1ncc(C(=O)NC(C)C2CC2)cc1Cl. The lowest BCUT2D eigenvalue weighted by atomic mass is 10.2. The van der Waals surface area contributed by atoms with Gasteiger partial charge in [-0.05, 0) is 45.6 Å². The Labute approximate surface area is 118 Å². The maximum Gasteiger partial charge on any atom is 0.253 e. The van der Waals surface area contributed by atoms with E-state index in [0.717, 1.165) is 0 Å². The molecule has 0 radical (unpaired) electrons. The van der Waals surface area contributed by atoms with Gasteiger partial charge in [0.25, 0.3) is 5.91 Å². The van der Waals surface area contributed by atoms with Crippen molar-refractivity contribution >= 4 is 17.5 Å². The Kier molecular flexibility index (Phi) is 4.30. The van der Waals surface area contributed by atoms with Crippen LogP contribution < -0.4 is 10.1 Å². The van der Waals surface area contributed by atoms with Crippen molar-refractivity contribution in [3.05, 3.63) is 22.8 Å². The lowest BCUT2D eigenvalue weighted by Crippen LogP contribution is -2.34. The first kappa shape index (κ1) is 14.1. The summed E-state index contributed by atoms with van der Waals surface area (Å²) in [5.41, 5.74) is 0.466. The summed E-state index contributed by atoms with van der Waals surface area (Å²) in [4.78, 5) is 16.1. The van der Waals surface area contributed by atoms with Crippen LogP contribution in [0.5, 0.6) is 5.88 Å². The summed E-state index contributed by atoms with van der Waals surface area (Å²) in [6.07, 6.45) is 3.89. The Bertz CT molecular complexity index is 473. The van der Waals surface area contributed by atoms with Crippen LogP contribution >= 0.6 is 11.6 Å². The van der Waals surface area contributed by atoms with E-state index in [-0.39, 0.29) is 18.1 Å². The van der Waals surface area contributed by atoms with E-state index in [2.05, 4.69) is 10.3 Å². The predicted octanol–water partition coefficient (Wildman–Crippen LogP) is 3.05. The Morgan fingerprint density at radius 1 is 1.47 bits per heavy atom. The highest BCUT2D eigenvalue weighted by Gasteiger charge is 2.29. The molecule has 0 spiro atoms. The Hall–Kier alpha value is -1.29. The molecule has 19 heavy (non-hydrogen) atoms. The highest BCUT2D eigenvalue weighted by molar-refractivity contribution is 6.32. The average Bonchev–Trinajstić information content (AvgIpc) is 3.15. The topological polar surface area (TPSA) is 51.2 Å². The first-order valence-corrected chi connectivity index (χ1v) is 6.98. The highest BCUT2D eigenvalue weighted by Crippen LogP contribution is 2.32. The van der Waals surface area contributed by atoms with E-state index >= 15 is 0 Å². The van der Waals surface area contributed by atoms with Gasteiger partial charge in [0, 0.05) is 12.2 Å². The summed E-state index contributed by atoms with van der Waals surface area (Å²) in [6.45, 7) is 5.83. The molecule has 104 valence electrons. The zero-order valence-electron chi connectivity index (χ0n) is 11.4. The molecule has 1 unspecified atom stereocenters. The van der Waals surface area contributed by atoms with Crippen molar-refractivity contribution in [2.45, 2.75) is 45.8 Å². The molecule has 1 aliphatic rings. The highest BCUT2D eigenvalue weighted by atomic mass is 35.5. The number of pyridine rings is 1. The molecule has 1 aromatic rings. The van der Waals surface area contributed by atoms with Gasteiger partial charge in [-0.3, -0.25) is 4.79 Å². The van der Waals surface area contributed by atoms with Crippen molar-refractivity contribution in [2.75, 3.05) is 0 Å². The summed E-state index contributed by atoms with van der Waals surface area (Å²) in [5.74, 6) is 0.851. The second-order valence-electron chi connectivity index (χ2n) is 5.28. The largest absolute Gasteiger partial charge is 0.474 e. The first-order chi connectivity index (χ1) is 8.97. The smallest absolute Gasteiger partial charge is 0.253 e. The van der Waals surface area contributed by atoms with Crippen LogP contribution in [0.3, 0.4) is 0 Å². The van der Waals surface area contributed by atoms with E-state index in [4.69, 9.17) is 16.3 Å². The standard InChI is InChI=1S/C14H19ClN2O2/c1-8(2)19-14-12(15)6-11(7-16-14)13(18)17-9(3)10-4-5-10/h6-10H,4-5H2,1-3H3,(H,17,18). The molecular weight excluding hydrogens is 264 g/mol. The van der Waals surface area contributed by atoms with Crippen LogP contribution in [0, 0.1) is 5.92 Å². The number of carbonyl (C=O) groups excluding carboxylic acids is 1. The lowest BCUT2D eigenvalue weighted by molar-refractivity contribution is 0.0935. The zero-order valence-corrected chi connectivity index (χ0v) is 12.2. The number of hydrogen-bond acceptors (Lipinski definition) is 3. The van der Waals surface area contributed by atoms with Crippen molar-refractivity contribution in [3.8, 4) is 5.88 Å². The van der Waals surface area contributed by atoms with Gasteiger partial charge in [-0.2, -0.15) is 0 Å². The number of aromatic nitrogens is 1. The maximum atomic E-state index is 12.0. The zero-order chi connectivity index (χ0) is 14.0. The van der Waals surface area contributed by atoms with Gasteiger partial charge in [0.15, 0.2) is 0 Å². The minimum atomic E-state index is -0.134. The third kappa shape index (κ3) is 3.83. The van der Waals surface area contributed by atoms with Crippen LogP contribution in [-0.4, -0.2) is 23.0 Å². The Morgan fingerprint density at radius 3 is 2.68 bits per heavy atom. The summed E-state index contributed by atoms with van der Waals surface area (Å²) >= 11 is 6.06. The number of carbonyl (C=O) groups is 1. The van der Waals surface area contributed by atoms with Crippen molar-refractivity contribution in [3.63, 3.8) is 0 Å². The van der Waals surface area contributed by atoms with Gasteiger partial charge in [0.05, 0.1) is 11.7 Å². The van der Waals surface area contributed by atoms with Gasteiger partial charge in [-0.15, -0.1) is 0 Å². The molecule has 1 N–H and O–H groups in total. The Balaban J connectivity index is 2.03. The van der Waals surface area contributed by atoms with E-state index in [0.29, 0.717) is 22.4 Å². The average molecular weight is 283 g/mol. The van der Waals surface area contributed by atoms with Crippen LogP contribution in [0.25, 0.3) is 0 Å². The fraction of sp³-hybridized carbons (Fsp3) is 0.571. The number of nitrogens with one attached hydrogen (secondary N) is 1.